The van der Waals surface area contributed by atoms with Crippen LogP contribution in [-0.2, 0) is 18.9 Å². The minimum Gasteiger partial charge on any atom is -0.478 e. The number of nitrogens with zero attached hydrogens (tertiary/aromatic N) is 3. The lowest BCUT2D eigenvalue weighted by molar-refractivity contribution is -0.143. The average molecular weight is 446 g/mol. The van der Waals surface area contributed by atoms with Crippen molar-refractivity contribution in [3.8, 4) is 0 Å². The van der Waals surface area contributed by atoms with E-state index in [2.05, 4.69) is 15.3 Å². The molecule has 1 aromatic carbocycles. The lowest BCUT2D eigenvalue weighted by atomic mass is 10.0. The second kappa shape index (κ2) is 7.36. The molecule has 2 aromatic rings. The molecule has 2 fully saturated rings. The molecule has 1 aromatic heterocycles. The van der Waals surface area contributed by atoms with Gasteiger partial charge >= 0.3 is 18.3 Å². The molecule has 0 radical (unpaired) electrons. The van der Waals surface area contributed by atoms with E-state index in [1.165, 1.54) is 12.4 Å². The molecule has 2 N–H and O–H groups in total. The fourth-order valence-electron chi connectivity index (χ4n) is 3.94. The summed E-state index contributed by atoms with van der Waals surface area (Å²) >= 11 is 0. The molecule has 6 nitrogen and oxygen atoms in total. The summed E-state index contributed by atoms with van der Waals surface area (Å²) in [6, 6.07) is 1.54. The van der Waals surface area contributed by atoms with Crippen molar-refractivity contribution in [2.45, 2.75) is 24.9 Å². The molecule has 0 bridgehead atoms. The van der Waals surface area contributed by atoms with Gasteiger partial charge in [-0.3, -0.25) is 0 Å². The minimum atomic E-state index is -4.87. The van der Waals surface area contributed by atoms with Crippen LogP contribution < -0.4 is 10.2 Å². The molecule has 1 saturated heterocycles. The maximum Gasteiger partial charge on any atom is 0.416 e. The topological polar surface area (TPSA) is 78.3 Å². The minimum absolute atomic E-state index is 0.0292. The monoisotopic (exact) mass is 446 g/mol. The molecule has 1 aliphatic heterocycles. The van der Waals surface area contributed by atoms with E-state index in [0.717, 1.165) is 12.1 Å². The first-order chi connectivity index (χ1) is 14.4. The number of carboxylic acid groups (broad SMARTS) is 1. The van der Waals surface area contributed by atoms with Crippen LogP contribution in [0.2, 0.25) is 0 Å². The van der Waals surface area contributed by atoms with Crippen molar-refractivity contribution in [1.29, 1.82) is 0 Å². The number of aromatic carboxylic acids is 1. The summed E-state index contributed by atoms with van der Waals surface area (Å²) in [5, 5.41) is 11.9. The van der Waals surface area contributed by atoms with Gasteiger partial charge in [-0.1, -0.05) is 0 Å². The predicted molar refractivity (Wildman–Crippen MR) is 95.3 cm³/mol. The zero-order chi connectivity index (χ0) is 22.6. The van der Waals surface area contributed by atoms with Crippen LogP contribution in [0.5, 0.6) is 0 Å². The third-order valence-corrected chi connectivity index (χ3v) is 5.55. The van der Waals surface area contributed by atoms with Gasteiger partial charge in [0, 0.05) is 38.1 Å². The Kier molecular flexibility index (Phi) is 5.07. The van der Waals surface area contributed by atoms with Crippen molar-refractivity contribution in [3.63, 3.8) is 0 Å². The molecule has 1 unspecified atom stereocenters. The van der Waals surface area contributed by atoms with Crippen LogP contribution in [0, 0.1) is 11.8 Å². The molecule has 1 saturated carbocycles. The highest BCUT2D eigenvalue weighted by molar-refractivity contribution is 5.86. The number of rotatable bonds is 5. The van der Waals surface area contributed by atoms with Crippen molar-refractivity contribution in [2.24, 2.45) is 11.8 Å². The molecule has 1 aliphatic carbocycles. The van der Waals surface area contributed by atoms with Crippen molar-refractivity contribution in [1.82, 2.24) is 15.3 Å². The molecule has 12 heteroatoms. The molecule has 0 amide bonds. The van der Waals surface area contributed by atoms with Crippen LogP contribution in [0.1, 0.15) is 27.0 Å². The number of piperidine rings is 1. The first kappa shape index (κ1) is 21.3. The van der Waals surface area contributed by atoms with Crippen LogP contribution in [0.3, 0.4) is 0 Å². The highest BCUT2D eigenvalue weighted by Crippen LogP contribution is 2.46. The molecule has 0 spiro atoms. The Morgan fingerprint density at radius 1 is 1.00 bits per heavy atom. The highest BCUT2D eigenvalue weighted by atomic mass is 19.4. The Bertz CT molecular complexity index is 948. The van der Waals surface area contributed by atoms with Gasteiger partial charge in [0.1, 0.15) is 0 Å². The molecule has 31 heavy (non-hydrogen) atoms. The van der Waals surface area contributed by atoms with Gasteiger partial charge in [-0.15, -0.1) is 0 Å². The molecule has 2 aliphatic rings. The van der Waals surface area contributed by atoms with E-state index in [0.29, 0.717) is 19.0 Å². The summed E-state index contributed by atoms with van der Waals surface area (Å²) in [7, 11) is 0. The normalized spacial score (nSPS) is 23.0. The van der Waals surface area contributed by atoms with Crippen molar-refractivity contribution in [3.05, 3.63) is 52.8 Å². The van der Waals surface area contributed by atoms with Crippen molar-refractivity contribution < 1.29 is 36.2 Å². The smallest absolute Gasteiger partial charge is 0.416 e. The lowest BCUT2D eigenvalue weighted by Gasteiger charge is -2.20. The number of benzene rings is 1. The Balaban J connectivity index is 1.37. The van der Waals surface area contributed by atoms with Gasteiger partial charge in [0.05, 0.1) is 16.7 Å². The van der Waals surface area contributed by atoms with Crippen LogP contribution in [-0.4, -0.2) is 40.2 Å². The Morgan fingerprint density at radius 2 is 1.52 bits per heavy atom. The summed E-state index contributed by atoms with van der Waals surface area (Å²) < 4.78 is 77.8. The van der Waals surface area contributed by atoms with Crippen LogP contribution in [0.4, 0.5) is 32.3 Å². The lowest BCUT2D eigenvalue weighted by Crippen LogP contribution is -2.32. The van der Waals surface area contributed by atoms with E-state index < -0.39 is 29.4 Å². The van der Waals surface area contributed by atoms with Crippen LogP contribution >= 0.6 is 0 Å². The predicted octanol–water partition coefficient (Wildman–Crippen LogP) is 3.44. The Labute approximate surface area is 171 Å². The fourth-order valence-corrected chi connectivity index (χ4v) is 3.94. The highest BCUT2D eigenvalue weighted by Gasteiger charge is 2.56. The Morgan fingerprint density at radius 3 is 1.97 bits per heavy atom. The number of carbonyl (C=O) groups is 1. The van der Waals surface area contributed by atoms with Crippen LogP contribution in [0.25, 0.3) is 0 Å². The zero-order valence-corrected chi connectivity index (χ0v) is 15.7. The van der Waals surface area contributed by atoms with Crippen LogP contribution in [0.15, 0.2) is 30.6 Å². The number of fused-ring (bicyclic) bond motifs is 1. The maximum absolute atomic E-state index is 13.0. The zero-order valence-electron chi connectivity index (χ0n) is 15.7. The molecule has 166 valence electrons. The Hall–Kier alpha value is -2.89. The average Bonchev–Trinajstić information content (AvgIpc) is 3.13. The number of hydrogen-bond donors (Lipinski definition) is 2. The van der Waals surface area contributed by atoms with Gasteiger partial charge in [0.25, 0.3) is 0 Å². The van der Waals surface area contributed by atoms with Gasteiger partial charge in [-0.2, -0.15) is 26.3 Å². The summed E-state index contributed by atoms with van der Waals surface area (Å²) in [5.41, 5.74) is -2.78. The molecule has 3 atom stereocenters. The second-order valence-corrected chi connectivity index (χ2v) is 7.63. The number of aromatic nitrogens is 2. The van der Waals surface area contributed by atoms with Gasteiger partial charge in [-0.05, 0) is 35.6 Å². The van der Waals surface area contributed by atoms with E-state index in [1.807, 2.05) is 4.90 Å². The molecular formula is C19H16F6N4O2. The third kappa shape index (κ3) is 4.43. The number of anilines is 1. The first-order valence-corrected chi connectivity index (χ1v) is 9.25. The maximum atomic E-state index is 13.0. The first-order valence-electron chi connectivity index (χ1n) is 9.25. The van der Waals surface area contributed by atoms with Gasteiger partial charge in [-0.25, -0.2) is 14.8 Å². The fraction of sp³-hybridized carbons (Fsp3) is 0.421. The number of carboxylic acids is 1. The van der Waals surface area contributed by atoms with E-state index >= 15 is 0 Å². The quantitative estimate of drug-likeness (QED) is 0.686. The largest absolute Gasteiger partial charge is 0.478 e. The van der Waals surface area contributed by atoms with E-state index in [1.54, 1.807) is 0 Å². The standard InChI is InChI=1S/C19H16F6N4O2/c20-18(21,22)11-1-9(2-12(3-11)19(23,24)25)4-26-15-13-7-29(8-14(13)15)17-27-5-10(6-28-17)16(30)31/h1-3,5-6,13-15,26H,4,7-8H2,(H,30,31)/t13-,14+,15?. The summed E-state index contributed by atoms with van der Waals surface area (Å²) in [4.78, 5) is 20.8. The van der Waals surface area contributed by atoms with E-state index in [9.17, 15) is 31.1 Å². The number of hydrogen-bond acceptors (Lipinski definition) is 5. The molecule has 2 heterocycles. The SMILES string of the molecule is O=C(O)c1cnc(N2C[C@@H]3C(NCc4cc(C(F)(F)F)cc(C(F)(F)F)c4)[C@@H]3C2)nc1. The van der Waals surface area contributed by atoms with E-state index in [4.69, 9.17) is 5.11 Å². The second-order valence-electron chi connectivity index (χ2n) is 7.63. The summed E-state index contributed by atoms with van der Waals surface area (Å²) in [5.74, 6) is -0.432. The molecule has 4 rings (SSSR count). The van der Waals surface area contributed by atoms with Gasteiger partial charge in [0.15, 0.2) is 0 Å². The molecular weight excluding hydrogens is 430 g/mol. The van der Waals surface area contributed by atoms with Crippen molar-refractivity contribution >= 4 is 11.9 Å². The summed E-state index contributed by atoms with van der Waals surface area (Å²) in [6.45, 7) is 1.00. The third-order valence-electron chi connectivity index (χ3n) is 5.55. The van der Waals surface area contributed by atoms with Crippen molar-refractivity contribution in [2.75, 3.05) is 18.0 Å². The van der Waals surface area contributed by atoms with E-state index in [-0.39, 0.29) is 41.6 Å². The number of halogens is 6. The number of alkyl halides is 6. The summed E-state index contributed by atoms with van der Waals surface area (Å²) in [6.07, 6.45) is -7.34. The van der Waals surface area contributed by atoms with Gasteiger partial charge < -0.3 is 15.3 Å². The number of nitrogens with one attached hydrogen (secondary N) is 1. The van der Waals surface area contributed by atoms with Gasteiger partial charge in [0.2, 0.25) is 5.95 Å².